The summed E-state index contributed by atoms with van der Waals surface area (Å²) < 4.78 is 21.7. The molecule has 0 radical (unpaired) electrons. The number of likely N-dealkylation sites (tertiary alicyclic amines) is 1. The van der Waals surface area contributed by atoms with Gasteiger partial charge >= 0.3 is 24.1 Å². The summed E-state index contributed by atoms with van der Waals surface area (Å²) in [7, 11) is 0. The highest BCUT2D eigenvalue weighted by Crippen LogP contribution is 2.26. The first kappa shape index (κ1) is 48.2. The predicted molar refractivity (Wildman–Crippen MR) is 235 cm³/mol. The summed E-state index contributed by atoms with van der Waals surface area (Å²) in [5, 5.41) is 5.59. The van der Waals surface area contributed by atoms with Crippen molar-refractivity contribution in [3.63, 3.8) is 0 Å². The molecule has 1 saturated heterocycles. The molecule has 4 rings (SSSR count). The molecule has 1 fully saturated rings. The Labute approximate surface area is 364 Å². The number of halogens is 1. The van der Waals surface area contributed by atoms with Gasteiger partial charge in [0.05, 0.1) is 11.1 Å². The number of anilines is 1. The quantitative estimate of drug-likeness (QED) is 0.0586. The van der Waals surface area contributed by atoms with Crippen molar-refractivity contribution in [3.8, 4) is 5.75 Å². The first-order valence-electron chi connectivity index (χ1n) is 20.5. The number of ether oxygens (including phenoxy) is 4. The molecule has 0 aromatic heterocycles. The third-order valence-electron chi connectivity index (χ3n) is 8.87. The SMILES string of the molecule is CC(C)(C)OC(=O)/N=C(/NC(=O)OC(C)(C)C)Nc1ccc(C(=O)Oc2ccc(CCC(=O)N(CCN3CCCCC3)Cc3cccc(C(=O)OC(C)(C)C)c3)c(Cl)c2)cc1. The first-order valence-corrected chi connectivity index (χ1v) is 20.9. The molecular weight excluding hydrogens is 802 g/mol. The second-order valence-corrected chi connectivity index (χ2v) is 18.2. The van der Waals surface area contributed by atoms with Gasteiger partial charge in [0.2, 0.25) is 11.9 Å². The number of rotatable bonds is 12. The van der Waals surface area contributed by atoms with Gasteiger partial charge < -0.3 is 34.1 Å². The van der Waals surface area contributed by atoms with Crippen LogP contribution in [0.2, 0.25) is 5.02 Å². The van der Waals surface area contributed by atoms with Crippen LogP contribution in [-0.4, -0.2) is 88.8 Å². The maximum Gasteiger partial charge on any atom is 0.437 e. The van der Waals surface area contributed by atoms with Gasteiger partial charge in [0.25, 0.3) is 0 Å². The molecule has 1 heterocycles. The number of nitrogens with one attached hydrogen (secondary N) is 2. The van der Waals surface area contributed by atoms with E-state index < -0.39 is 40.9 Å². The van der Waals surface area contributed by atoms with Gasteiger partial charge in [-0.05, 0) is 154 Å². The van der Waals surface area contributed by atoms with Crippen molar-refractivity contribution >= 4 is 53.3 Å². The smallest absolute Gasteiger partial charge is 0.437 e. The van der Waals surface area contributed by atoms with Gasteiger partial charge in [-0.25, -0.2) is 19.2 Å². The van der Waals surface area contributed by atoms with Crippen LogP contribution in [0, 0.1) is 0 Å². The first-order chi connectivity index (χ1) is 28.5. The number of carbonyl (C=O) groups is 5. The molecule has 330 valence electrons. The molecular formula is C46H60ClN5O9. The summed E-state index contributed by atoms with van der Waals surface area (Å²) in [4.78, 5) is 72.7. The van der Waals surface area contributed by atoms with Gasteiger partial charge in [0.15, 0.2) is 0 Å². The maximum atomic E-state index is 13.8. The molecule has 0 bridgehead atoms. The Balaban J connectivity index is 1.39. The number of aliphatic imine (C=N–C) groups is 1. The topological polar surface area (TPSA) is 165 Å². The number of aryl methyl sites for hydroxylation is 1. The number of hydrogen-bond donors (Lipinski definition) is 2. The molecule has 0 spiro atoms. The fourth-order valence-corrected chi connectivity index (χ4v) is 6.41. The van der Waals surface area contributed by atoms with Crippen LogP contribution in [0.5, 0.6) is 5.75 Å². The van der Waals surface area contributed by atoms with Crippen LogP contribution in [0.1, 0.15) is 120 Å². The molecule has 0 saturated carbocycles. The number of guanidine groups is 1. The largest absolute Gasteiger partial charge is 0.456 e. The standard InChI is InChI=1S/C46H60ClN5O9/c1-44(2,3)59-40(55)34-15-13-14-31(28-34)30-52(27-26-51-24-11-10-12-25-51)38(53)23-19-32-18-22-36(29-37(32)47)58-39(54)33-16-20-35(21-17-33)48-41(49-42(56)60-45(4,5)6)50-43(57)61-46(7,8)9/h13-18,20-22,28-29H,10-12,19,23-27,30H2,1-9H3,(H2,48,49,50,56,57). The van der Waals surface area contributed by atoms with Crippen molar-refractivity contribution in [1.29, 1.82) is 0 Å². The summed E-state index contributed by atoms with van der Waals surface area (Å²) in [5.74, 6) is -1.14. The zero-order valence-corrected chi connectivity index (χ0v) is 37.6. The van der Waals surface area contributed by atoms with Gasteiger partial charge in [-0.2, -0.15) is 0 Å². The molecule has 61 heavy (non-hydrogen) atoms. The lowest BCUT2D eigenvalue weighted by atomic mass is 10.1. The van der Waals surface area contributed by atoms with Gasteiger partial charge in [-0.15, -0.1) is 4.99 Å². The van der Waals surface area contributed by atoms with E-state index in [1.54, 1.807) is 84.0 Å². The minimum absolute atomic E-state index is 0.0481. The van der Waals surface area contributed by atoms with Crippen molar-refractivity contribution in [2.75, 3.05) is 31.5 Å². The van der Waals surface area contributed by atoms with Gasteiger partial charge in [0.1, 0.15) is 22.6 Å². The Kier molecular flexibility index (Phi) is 16.9. The van der Waals surface area contributed by atoms with E-state index in [-0.39, 0.29) is 29.6 Å². The van der Waals surface area contributed by atoms with Crippen molar-refractivity contribution < 1.29 is 42.9 Å². The van der Waals surface area contributed by atoms with E-state index in [1.807, 2.05) is 31.7 Å². The number of alkyl carbamates (subject to hydrolysis) is 1. The molecule has 15 heteroatoms. The van der Waals surface area contributed by atoms with E-state index in [0.717, 1.165) is 43.6 Å². The van der Waals surface area contributed by atoms with Gasteiger partial charge in [0, 0.05) is 36.8 Å². The number of piperidine rings is 1. The van der Waals surface area contributed by atoms with Crippen molar-refractivity contribution in [3.05, 3.63) is 94.0 Å². The summed E-state index contributed by atoms with van der Waals surface area (Å²) in [6.45, 7) is 19.3. The molecule has 3 aromatic rings. The van der Waals surface area contributed by atoms with Crippen LogP contribution < -0.4 is 15.4 Å². The average Bonchev–Trinajstić information content (AvgIpc) is 3.14. The molecule has 3 aromatic carbocycles. The monoisotopic (exact) mass is 861 g/mol. The lowest BCUT2D eigenvalue weighted by molar-refractivity contribution is -0.132. The van der Waals surface area contributed by atoms with Gasteiger partial charge in [-0.3, -0.25) is 10.1 Å². The lowest BCUT2D eigenvalue weighted by Gasteiger charge is -2.30. The minimum Gasteiger partial charge on any atom is -0.456 e. The molecule has 1 aliphatic rings. The predicted octanol–water partition coefficient (Wildman–Crippen LogP) is 9.19. The number of esters is 2. The number of nitrogens with zero attached hydrogens (tertiary/aromatic N) is 3. The Morgan fingerprint density at radius 3 is 2.03 bits per heavy atom. The molecule has 3 amide bonds. The number of carbonyl (C=O) groups excluding carboxylic acids is 5. The van der Waals surface area contributed by atoms with Crippen molar-refractivity contribution in [1.82, 2.24) is 15.1 Å². The molecule has 0 unspecified atom stereocenters. The number of amides is 3. The Morgan fingerprint density at radius 1 is 0.754 bits per heavy atom. The van der Waals surface area contributed by atoms with E-state index in [9.17, 15) is 24.0 Å². The summed E-state index contributed by atoms with van der Waals surface area (Å²) >= 11 is 6.66. The van der Waals surface area contributed by atoms with E-state index in [4.69, 9.17) is 30.5 Å². The Bertz CT molecular complexity index is 2040. The molecule has 14 nitrogen and oxygen atoms in total. The van der Waals surface area contributed by atoms with Crippen LogP contribution in [0.15, 0.2) is 71.7 Å². The summed E-state index contributed by atoms with van der Waals surface area (Å²) in [5.41, 5.74) is 0.328. The van der Waals surface area contributed by atoms with E-state index >= 15 is 0 Å². The molecule has 1 aliphatic heterocycles. The van der Waals surface area contributed by atoms with Crippen LogP contribution in [0.4, 0.5) is 15.3 Å². The zero-order chi connectivity index (χ0) is 45.0. The van der Waals surface area contributed by atoms with Gasteiger partial charge in [-0.1, -0.05) is 36.2 Å². The molecule has 0 atom stereocenters. The molecule has 2 N–H and O–H groups in total. The highest BCUT2D eigenvalue weighted by molar-refractivity contribution is 6.31. The van der Waals surface area contributed by atoms with E-state index in [1.165, 1.54) is 24.6 Å². The highest BCUT2D eigenvalue weighted by atomic mass is 35.5. The van der Waals surface area contributed by atoms with Crippen molar-refractivity contribution in [2.24, 2.45) is 4.99 Å². The maximum absolute atomic E-state index is 13.8. The number of benzene rings is 3. The zero-order valence-electron chi connectivity index (χ0n) is 36.8. The summed E-state index contributed by atoms with van der Waals surface area (Å²) in [6, 6.07) is 18.2. The van der Waals surface area contributed by atoms with Crippen LogP contribution in [-0.2, 0) is 32.0 Å². The summed E-state index contributed by atoms with van der Waals surface area (Å²) in [6.07, 6.45) is 2.28. The normalized spacial score (nSPS) is 13.8. The third kappa shape index (κ3) is 17.6. The van der Waals surface area contributed by atoms with Crippen LogP contribution in [0.3, 0.4) is 0 Å². The lowest BCUT2D eigenvalue weighted by Crippen LogP contribution is -2.40. The number of hydrogen-bond acceptors (Lipinski definition) is 10. The average molecular weight is 862 g/mol. The second-order valence-electron chi connectivity index (χ2n) is 17.8. The Hall–Kier alpha value is -5.47. The highest BCUT2D eigenvalue weighted by Gasteiger charge is 2.23. The Morgan fingerprint density at radius 2 is 1.41 bits per heavy atom. The van der Waals surface area contributed by atoms with Crippen molar-refractivity contribution in [2.45, 2.75) is 118 Å². The van der Waals surface area contributed by atoms with E-state index in [0.29, 0.717) is 35.8 Å². The fourth-order valence-electron chi connectivity index (χ4n) is 6.14. The fraction of sp³-hybridized carbons (Fsp3) is 0.478. The molecule has 0 aliphatic carbocycles. The minimum atomic E-state index is -0.938. The van der Waals surface area contributed by atoms with E-state index in [2.05, 4.69) is 20.5 Å². The third-order valence-corrected chi connectivity index (χ3v) is 9.22. The van der Waals surface area contributed by atoms with Crippen LogP contribution in [0.25, 0.3) is 0 Å². The second kappa shape index (κ2) is 21.4. The van der Waals surface area contributed by atoms with Crippen LogP contribution >= 0.6 is 11.6 Å².